The minimum Gasteiger partial charge on any atom is -0.343 e. The van der Waals surface area contributed by atoms with Crippen molar-refractivity contribution in [1.82, 2.24) is 14.9 Å². The third-order valence-electron chi connectivity index (χ3n) is 5.00. The smallest absolute Gasteiger partial charge is 0.227 e. The summed E-state index contributed by atoms with van der Waals surface area (Å²) < 4.78 is 13.7. The van der Waals surface area contributed by atoms with Crippen molar-refractivity contribution in [2.24, 2.45) is 0 Å². The Hall–Kier alpha value is -2.69. The van der Waals surface area contributed by atoms with Crippen LogP contribution in [0.3, 0.4) is 0 Å². The number of aromatic nitrogens is 2. The van der Waals surface area contributed by atoms with E-state index in [1.54, 1.807) is 24.4 Å². The molecule has 2 aromatic heterocycles. The molecule has 0 aliphatic carbocycles. The van der Waals surface area contributed by atoms with E-state index < -0.39 is 0 Å². The van der Waals surface area contributed by atoms with Crippen LogP contribution in [0, 0.1) is 5.82 Å². The number of carbonyl (C=O) groups is 1. The number of amides is 1. The van der Waals surface area contributed by atoms with Crippen LogP contribution in [-0.2, 0) is 11.2 Å². The predicted octanol–water partition coefficient (Wildman–Crippen LogP) is 3.65. The molecule has 0 radical (unpaired) electrons. The van der Waals surface area contributed by atoms with Crippen LogP contribution in [-0.4, -0.2) is 33.9 Å². The van der Waals surface area contributed by atoms with Crippen LogP contribution in [0.25, 0.3) is 11.0 Å². The van der Waals surface area contributed by atoms with Gasteiger partial charge in [0.15, 0.2) is 0 Å². The van der Waals surface area contributed by atoms with E-state index in [0.717, 1.165) is 23.9 Å². The fourth-order valence-corrected chi connectivity index (χ4v) is 3.56. The maximum atomic E-state index is 13.7. The molecule has 0 atom stereocenters. The number of likely N-dealkylation sites (tertiary alicyclic amines) is 1. The van der Waals surface area contributed by atoms with Crippen molar-refractivity contribution in [1.29, 1.82) is 0 Å². The number of hydrogen-bond acceptors (Lipinski definition) is 2. The predicted molar refractivity (Wildman–Crippen MR) is 94.8 cm³/mol. The average molecular weight is 337 g/mol. The number of aromatic amines is 1. The van der Waals surface area contributed by atoms with Gasteiger partial charge in [0.2, 0.25) is 5.91 Å². The summed E-state index contributed by atoms with van der Waals surface area (Å²) in [5.74, 6) is 0.102. The van der Waals surface area contributed by atoms with Gasteiger partial charge in [0.25, 0.3) is 0 Å². The molecule has 3 heterocycles. The zero-order valence-corrected chi connectivity index (χ0v) is 13.9. The molecule has 5 heteroatoms. The molecule has 1 N–H and O–H groups in total. The molecule has 0 spiro atoms. The van der Waals surface area contributed by atoms with Crippen molar-refractivity contribution in [3.8, 4) is 0 Å². The van der Waals surface area contributed by atoms with Gasteiger partial charge in [0, 0.05) is 36.3 Å². The van der Waals surface area contributed by atoms with Gasteiger partial charge in [0.05, 0.1) is 6.42 Å². The number of halogens is 1. The number of rotatable bonds is 3. The standard InChI is InChI=1S/C20H20FN3O/c21-17-6-2-1-4-15(17)13-19(25)24-10-7-14(8-11-24)18-12-16-5-3-9-22-20(16)23-18/h1-6,9,12,14H,7-8,10-11,13H2,(H,22,23). The molecule has 4 rings (SSSR count). The van der Waals surface area contributed by atoms with Gasteiger partial charge in [-0.25, -0.2) is 9.37 Å². The molecular formula is C20H20FN3O. The Morgan fingerprint density at radius 2 is 2.00 bits per heavy atom. The van der Waals surface area contributed by atoms with E-state index in [4.69, 9.17) is 0 Å². The lowest BCUT2D eigenvalue weighted by molar-refractivity contribution is -0.131. The monoisotopic (exact) mass is 337 g/mol. The molecule has 128 valence electrons. The van der Waals surface area contributed by atoms with E-state index in [1.165, 1.54) is 11.8 Å². The molecule has 1 amide bonds. The molecule has 4 nitrogen and oxygen atoms in total. The second-order valence-electron chi connectivity index (χ2n) is 6.59. The lowest BCUT2D eigenvalue weighted by atomic mass is 9.93. The van der Waals surface area contributed by atoms with Crippen molar-refractivity contribution < 1.29 is 9.18 Å². The van der Waals surface area contributed by atoms with Crippen molar-refractivity contribution in [2.75, 3.05) is 13.1 Å². The Labute approximate surface area is 145 Å². The number of carbonyl (C=O) groups excluding carboxylic acids is 1. The number of hydrogen-bond donors (Lipinski definition) is 1. The number of benzene rings is 1. The lowest BCUT2D eigenvalue weighted by Crippen LogP contribution is -2.39. The first-order valence-electron chi connectivity index (χ1n) is 8.65. The van der Waals surface area contributed by atoms with Crippen LogP contribution in [0.5, 0.6) is 0 Å². The minimum atomic E-state index is -0.309. The van der Waals surface area contributed by atoms with E-state index in [2.05, 4.69) is 22.1 Å². The molecule has 3 aromatic rings. The van der Waals surface area contributed by atoms with Gasteiger partial charge in [-0.15, -0.1) is 0 Å². The second kappa shape index (κ2) is 6.67. The highest BCUT2D eigenvalue weighted by Crippen LogP contribution is 2.29. The van der Waals surface area contributed by atoms with Crippen LogP contribution in [0.15, 0.2) is 48.7 Å². The number of piperidine rings is 1. The van der Waals surface area contributed by atoms with E-state index in [1.807, 2.05) is 11.0 Å². The summed E-state index contributed by atoms with van der Waals surface area (Å²) in [6, 6.07) is 12.6. The van der Waals surface area contributed by atoms with E-state index in [-0.39, 0.29) is 18.1 Å². The summed E-state index contributed by atoms with van der Waals surface area (Å²) in [5, 5.41) is 1.12. The highest BCUT2D eigenvalue weighted by Gasteiger charge is 2.25. The molecular weight excluding hydrogens is 317 g/mol. The lowest BCUT2D eigenvalue weighted by Gasteiger charge is -2.31. The first-order chi connectivity index (χ1) is 12.2. The van der Waals surface area contributed by atoms with Gasteiger partial charge >= 0.3 is 0 Å². The number of nitrogens with one attached hydrogen (secondary N) is 1. The third kappa shape index (κ3) is 3.27. The molecule has 0 saturated carbocycles. The van der Waals surface area contributed by atoms with Crippen molar-refractivity contribution >= 4 is 16.9 Å². The Morgan fingerprint density at radius 1 is 1.20 bits per heavy atom. The van der Waals surface area contributed by atoms with Crippen LogP contribution < -0.4 is 0 Å². The fourth-order valence-electron chi connectivity index (χ4n) is 3.56. The zero-order valence-electron chi connectivity index (χ0n) is 13.9. The van der Waals surface area contributed by atoms with Gasteiger partial charge in [-0.05, 0) is 42.7 Å². The second-order valence-corrected chi connectivity index (χ2v) is 6.59. The summed E-state index contributed by atoms with van der Waals surface area (Å²) >= 11 is 0. The molecule has 0 unspecified atom stereocenters. The highest BCUT2D eigenvalue weighted by molar-refractivity contribution is 5.79. The molecule has 0 bridgehead atoms. The topological polar surface area (TPSA) is 49.0 Å². The van der Waals surface area contributed by atoms with Crippen LogP contribution in [0.1, 0.15) is 30.0 Å². The molecule has 1 saturated heterocycles. The Bertz CT molecular complexity index is 864. The number of nitrogens with zero attached hydrogens (tertiary/aromatic N) is 2. The van der Waals surface area contributed by atoms with Crippen LogP contribution in [0.4, 0.5) is 4.39 Å². The number of pyridine rings is 1. The Kier molecular flexibility index (Phi) is 4.22. The first-order valence-corrected chi connectivity index (χ1v) is 8.65. The van der Waals surface area contributed by atoms with Crippen molar-refractivity contribution in [2.45, 2.75) is 25.2 Å². The largest absolute Gasteiger partial charge is 0.343 e. The maximum Gasteiger partial charge on any atom is 0.227 e. The van der Waals surface area contributed by atoms with Crippen molar-refractivity contribution in [3.05, 3.63) is 65.7 Å². The molecule has 1 aliphatic rings. The summed E-state index contributed by atoms with van der Waals surface area (Å²) in [6.07, 6.45) is 3.74. The van der Waals surface area contributed by atoms with Crippen LogP contribution in [0.2, 0.25) is 0 Å². The first kappa shape index (κ1) is 15.8. The van der Waals surface area contributed by atoms with Gasteiger partial charge in [0.1, 0.15) is 11.5 Å². The van der Waals surface area contributed by atoms with E-state index in [0.29, 0.717) is 24.6 Å². The number of H-pyrrole nitrogens is 1. The van der Waals surface area contributed by atoms with Gasteiger partial charge in [-0.2, -0.15) is 0 Å². The molecule has 1 fully saturated rings. The van der Waals surface area contributed by atoms with Crippen LogP contribution >= 0.6 is 0 Å². The van der Waals surface area contributed by atoms with Gasteiger partial charge in [-0.3, -0.25) is 4.79 Å². The van der Waals surface area contributed by atoms with E-state index in [9.17, 15) is 9.18 Å². The van der Waals surface area contributed by atoms with Gasteiger partial charge in [-0.1, -0.05) is 18.2 Å². The molecule has 25 heavy (non-hydrogen) atoms. The minimum absolute atomic E-state index is 0.00173. The molecule has 1 aliphatic heterocycles. The zero-order chi connectivity index (χ0) is 17.2. The number of fused-ring (bicyclic) bond motifs is 1. The molecule has 1 aromatic carbocycles. The average Bonchev–Trinajstić information content (AvgIpc) is 3.08. The summed E-state index contributed by atoms with van der Waals surface area (Å²) in [5.41, 5.74) is 2.57. The summed E-state index contributed by atoms with van der Waals surface area (Å²) in [7, 11) is 0. The maximum absolute atomic E-state index is 13.7. The SMILES string of the molecule is O=C(Cc1ccccc1F)N1CCC(c2cc3cccnc3[nH]2)CC1. The summed E-state index contributed by atoms with van der Waals surface area (Å²) in [6.45, 7) is 1.42. The highest BCUT2D eigenvalue weighted by atomic mass is 19.1. The Morgan fingerprint density at radius 3 is 2.76 bits per heavy atom. The van der Waals surface area contributed by atoms with Gasteiger partial charge < -0.3 is 9.88 Å². The summed E-state index contributed by atoms with van der Waals surface area (Å²) in [4.78, 5) is 22.0. The van der Waals surface area contributed by atoms with Crippen molar-refractivity contribution in [3.63, 3.8) is 0 Å². The Balaban J connectivity index is 1.39. The quantitative estimate of drug-likeness (QED) is 0.793. The van der Waals surface area contributed by atoms with E-state index >= 15 is 0 Å². The fraction of sp³-hybridized carbons (Fsp3) is 0.300. The third-order valence-corrected chi connectivity index (χ3v) is 5.00. The normalized spacial score (nSPS) is 15.6.